The van der Waals surface area contributed by atoms with E-state index in [0.717, 1.165) is 12.1 Å². The van der Waals surface area contributed by atoms with E-state index < -0.39 is 11.7 Å². The van der Waals surface area contributed by atoms with Gasteiger partial charge in [-0.2, -0.15) is 13.2 Å². The Morgan fingerprint density at radius 1 is 1.33 bits per heavy atom. The minimum absolute atomic E-state index is 0.0914. The molecule has 1 heterocycles. The van der Waals surface area contributed by atoms with E-state index in [2.05, 4.69) is 4.98 Å². The fourth-order valence-corrected chi connectivity index (χ4v) is 1.79. The van der Waals surface area contributed by atoms with Crippen LogP contribution in [-0.2, 0) is 6.18 Å². The van der Waals surface area contributed by atoms with E-state index in [1.807, 2.05) is 0 Å². The van der Waals surface area contributed by atoms with Crippen molar-refractivity contribution in [2.45, 2.75) is 13.1 Å². The molecule has 0 atom stereocenters. The van der Waals surface area contributed by atoms with E-state index in [9.17, 15) is 13.2 Å². The zero-order chi connectivity index (χ0) is 13.5. The highest BCUT2D eigenvalue weighted by atomic mass is 35.5. The number of halogens is 4. The summed E-state index contributed by atoms with van der Waals surface area (Å²) >= 11 is 5.89. The highest BCUT2D eigenvalue weighted by molar-refractivity contribution is 6.32. The molecule has 2 N–H and O–H groups in total. The van der Waals surface area contributed by atoms with Gasteiger partial charge >= 0.3 is 6.18 Å². The lowest BCUT2D eigenvalue weighted by atomic mass is 10.2. The highest BCUT2D eigenvalue weighted by Crippen LogP contribution is 2.33. The van der Waals surface area contributed by atoms with E-state index in [0.29, 0.717) is 5.69 Å². The summed E-state index contributed by atoms with van der Waals surface area (Å²) in [7, 11) is 0. The van der Waals surface area contributed by atoms with Gasteiger partial charge in [-0.05, 0) is 25.1 Å². The number of hydrogen-bond acceptors (Lipinski definition) is 2. The van der Waals surface area contributed by atoms with Crippen LogP contribution in [0, 0.1) is 6.92 Å². The fraction of sp³-hybridized carbons (Fsp3) is 0.182. The van der Waals surface area contributed by atoms with Crippen molar-refractivity contribution in [1.29, 1.82) is 0 Å². The minimum Gasteiger partial charge on any atom is -0.369 e. The molecule has 0 amide bonds. The summed E-state index contributed by atoms with van der Waals surface area (Å²) in [5.74, 6) is 0.0914. The Morgan fingerprint density at radius 3 is 2.50 bits per heavy atom. The quantitative estimate of drug-likeness (QED) is 0.866. The van der Waals surface area contributed by atoms with Crippen LogP contribution in [0.25, 0.3) is 5.69 Å². The van der Waals surface area contributed by atoms with E-state index in [1.54, 1.807) is 6.92 Å². The molecule has 2 aromatic rings. The van der Waals surface area contributed by atoms with Gasteiger partial charge in [-0.1, -0.05) is 11.6 Å². The molecule has 18 heavy (non-hydrogen) atoms. The molecule has 0 bridgehead atoms. The number of rotatable bonds is 1. The molecule has 0 radical (unpaired) electrons. The Bertz CT molecular complexity index is 590. The van der Waals surface area contributed by atoms with Gasteiger partial charge in [-0.15, -0.1) is 0 Å². The largest absolute Gasteiger partial charge is 0.416 e. The van der Waals surface area contributed by atoms with Gasteiger partial charge in [0.2, 0.25) is 5.95 Å². The summed E-state index contributed by atoms with van der Waals surface area (Å²) in [5.41, 5.74) is 5.58. The fourth-order valence-electron chi connectivity index (χ4n) is 1.58. The maximum atomic E-state index is 12.6. The van der Waals surface area contributed by atoms with Crippen molar-refractivity contribution in [3.8, 4) is 5.69 Å². The number of alkyl halides is 3. The number of nitrogens with two attached hydrogens (primary N) is 1. The van der Waals surface area contributed by atoms with Crippen LogP contribution < -0.4 is 5.73 Å². The third kappa shape index (κ3) is 2.28. The number of aromatic nitrogens is 2. The lowest BCUT2D eigenvalue weighted by Gasteiger charge is -2.11. The summed E-state index contributed by atoms with van der Waals surface area (Å²) in [6.07, 6.45) is -2.90. The van der Waals surface area contributed by atoms with E-state index in [4.69, 9.17) is 17.3 Å². The number of nitrogen functional groups attached to an aromatic ring is 1. The molecule has 0 saturated carbocycles. The number of nitrogens with zero attached hydrogens (tertiary/aromatic N) is 2. The van der Waals surface area contributed by atoms with Crippen molar-refractivity contribution >= 4 is 17.5 Å². The monoisotopic (exact) mass is 275 g/mol. The van der Waals surface area contributed by atoms with E-state index in [1.165, 1.54) is 16.8 Å². The van der Waals surface area contributed by atoms with Gasteiger partial charge in [0.1, 0.15) is 0 Å². The number of imidazole rings is 1. The molecule has 0 aliphatic rings. The summed E-state index contributed by atoms with van der Waals surface area (Å²) in [5, 5.41) is 0.173. The van der Waals surface area contributed by atoms with Crippen LogP contribution in [0.1, 0.15) is 11.3 Å². The lowest BCUT2D eigenvalue weighted by molar-refractivity contribution is -0.137. The van der Waals surface area contributed by atoms with Crippen LogP contribution in [0.2, 0.25) is 5.02 Å². The van der Waals surface area contributed by atoms with Gasteiger partial charge in [0.25, 0.3) is 0 Å². The van der Waals surface area contributed by atoms with Crippen LogP contribution in [-0.4, -0.2) is 9.55 Å². The Labute approximate surface area is 106 Å². The van der Waals surface area contributed by atoms with Gasteiger partial charge in [0.05, 0.1) is 22.0 Å². The van der Waals surface area contributed by atoms with E-state index >= 15 is 0 Å². The first-order valence-corrected chi connectivity index (χ1v) is 5.35. The first kappa shape index (κ1) is 12.8. The summed E-state index contributed by atoms with van der Waals surface area (Å²) in [6, 6.07) is 3.06. The Morgan fingerprint density at radius 2 is 2.00 bits per heavy atom. The zero-order valence-electron chi connectivity index (χ0n) is 9.29. The van der Waals surface area contributed by atoms with Gasteiger partial charge in [-0.3, -0.25) is 4.57 Å². The Hall–Kier alpha value is -1.69. The average molecular weight is 276 g/mol. The molecule has 0 unspecified atom stereocenters. The SMILES string of the molecule is Cc1cn(-c2cc(C(F)(F)F)ccc2Cl)c(N)n1. The van der Waals surface area contributed by atoms with Gasteiger partial charge in [0, 0.05) is 6.20 Å². The van der Waals surface area contributed by atoms with Crippen molar-refractivity contribution in [2.75, 3.05) is 5.73 Å². The molecule has 1 aromatic heterocycles. The maximum Gasteiger partial charge on any atom is 0.416 e. The molecule has 7 heteroatoms. The van der Waals surface area contributed by atoms with Gasteiger partial charge in [0.15, 0.2) is 0 Å². The highest BCUT2D eigenvalue weighted by Gasteiger charge is 2.31. The first-order valence-electron chi connectivity index (χ1n) is 4.97. The molecule has 0 spiro atoms. The third-order valence-corrected chi connectivity index (χ3v) is 2.71. The van der Waals surface area contributed by atoms with Gasteiger partial charge < -0.3 is 5.73 Å². The summed E-state index contributed by atoms with van der Waals surface area (Å²) in [6.45, 7) is 1.69. The van der Waals surface area contributed by atoms with Crippen molar-refractivity contribution in [3.63, 3.8) is 0 Å². The molecule has 2 rings (SSSR count). The average Bonchev–Trinajstić information content (AvgIpc) is 2.56. The summed E-state index contributed by atoms with van der Waals surface area (Å²) in [4.78, 5) is 3.92. The van der Waals surface area contributed by atoms with Crippen LogP contribution in [0.5, 0.6) is 0 Å². The zero-order valence-corrected chi connectivity index (χ0v) is 10.0. The standard InChI is InChI=1S/C11H9ClF3N3/c1-6-5-18(10(16)17-6)9-4-7(11(13,14)15)2-3-8(9)12/h2-5H,1H3,(H2,16,17). The molecule has 96 valence electrons. The predicted octanol–water partition coefficient (Wildman–Crippen LogP) is 3.44. The van der Waals surface area contributed by atoms with E-state index in [-0.39, 0.29) is 16.7 Å². The maximum absolute atomic E-state index is 12.6. The molecule has 1 aromatic carbocycles. The minimum atomic E-state index is -4.43. The van der Waals surface area contributed by atoms with Crippen molar-refractivity contribution in [1.82, 2.24) is 9.55 Å². The lowest BCUT2D eigenvalue weighted by Crippen LogP contribution is -2.07. The number of anilines is 1. The van der Waals surface area contributed by atoms with Crippen LogP contribution in [0.3, 0.4) is 0 Å². The van der Waals surface area contributed by atoms with Gasteiger partial charge in [-0.25, -0.2) is 4.98 Å². The third-order valence-electron chi connectivity index (χ3n) is 2.39. The Balaban J connectivity index is 2.60. The molecule has 0 aliphatic heterocycles. The normalized spacial score (nSPS) is 11.8. The first-order chi connectivity index (χ1) is 8.29. The number of hydrogen-bond donors (Lipinski definition) is 1. The smallest absolute Gasteiger partial charge is 0.369 e. The molecule has 0 saturated heterocycles. The number of benzene rings is 1. The second kappa shape index (κ2) is 4.20. The number of aryl methyl sites for hydroxylation is 1. The molecule has 3 nitrogen and oxygen atoms in total. The molecule has 0 fully saturated rings. The van der Waals surface area contributed by atoms with Crippen molar-refractivity contribution in [2.24, 2.45) is 0 Å². The second-order valence-electron chi connectivity index (χ2n) is 3.77. The molecular formula is C11H9ClF3N3. The van der Waals surface area contributed by atoms with Crippen molar-refractivity contribution in [3.05, 3.63) is 40.7 Å². The molecule has 0 aliphatic carbocycles. The van der Waals surface area contributed by atoms with Crippen LogP contribution in [0.15, 0.2) is 24.4 Å². The molecular weight excluding hydrogens is 267 g/mol. The summed E-state index contributed by atoms with van der Waals surface area (Å²) < 4.78 is 39.2. The second-order valence-corrected chi connectivity index (χ2v) is 4.18. The predicted molar refractivity (Wildman–Crippen MR) is 62.7 cm³/mol. The topological polar surface area (TPSA) is 43.8 Å². The van der Waals surface area contributed by atoms with Crippen LogP contribution in [0.4, 0.5) is 19.1 Å². The van der Waals surface area contributed by atoms with Crippen molar-refractivity contribution < 1.29 is 13.2 Å². The Kier molecular flexibility index (Phi) is 2.98. The van der Waals surface area contributed by atoms with Crippen LogP contribution >= 0.6 is 11.6 Å².